The predicted octanol–water partition coefficient (Wildman–Crippen LogP) is 3.72. The molecule has 0 fully saturated rings. The molecule has 0 aliphatic heterocycles. The molecule has 108 valence electrons. The van der Waals surface area contributed by atoms with Crippen LogP contribution in [0.5, 0.6) is 0 Å². The van der Waals surface area contributed by atoms with E-state index >= 15 is 0 Å². The second kappa shape index (κ2) is 14.8. The van der Waals surface area contributed by atoms with Crippen molar-refractivity contribution in [3.05, 3.63) is 0 Å². The third-order valence-corrected chi connectivity index (χ3v) is 2.82. The van der Waals surface area contributed by atoms with Crippen molar-refractivity contribution < 1.29 is 9.59 Å². The Bertz CT molecular complexity index is 219. The van der Waals surface area contributed by atoms with Crippen LogP contribution in [0.25, 0.3) is 0 Å². The van der Waals surface area contributed by atoms with Gasteiger partial charge in [0.1, 0.15) is 0 Å². The van der Waals surface area contributed by atoms with Gasteiger partial charge in [0.05, 0.1) is 0 Å². The first kappa shape index (κ1) is 20.0. The average Bonchev–Trinajstić information content (AvgIpc) is 2.35. The summed E-state index contributed by atoms with van der Waals surface area (Å²) in [5, 5.41) is 2.06. The van der Waals surface area contributed by atoms with Crippen molar-refractivity contribution in [3.63, 3.8) is 0 Å². The van der Waals surface area contributed by atoms with Gasteiger partial charge in [-0.15, -0.1) is 11.6 Å². The van der Waals surface area contributed by atoms with Crippen LogP contribution in [0.3, 0.4) is 0 Å². The van der Waals surface area contributed by atoms with E-state index < -0.39 is 5.24 Å². The topological polar surface area (TPSA) is 46.2 Å². The van der Waals surface area contributed by atoms with Gasteiger partial charge in [0.2, 0.25) is 11.1 Å². The van der Waals surface area contributed by atoms with Gasteiger partial charge in [0.15, 0.2) is 0 Å². The van der Waals surface area contributed by atoms with Crippen LogP contribution < -0.4 is 5.32 Å². The summed E-state index contributed by atoms with van der Waals surface area (Å²) in [6.45, 7) is 4.14. The second-order valence-corrected chi connectivity index (χ2v) is 4.85. The van der Waals surface area contributed by atoms with Crippen molar-refractivity contribution in [1.29, 1.82) is 0 Å². The standard InChI is InChI=1S/C8H14ClNO2.C5H11Cl/c1-3-4-6(5-7(9)11)8(12)10-2;1-2-3-4-5-6/h6H,3-5H2,1-2H3,(H,10,12);2-5H2,1H3. The third-order valence-electron chi connectivity index (χ3n) is 2.40. The number of halogens is 2. The molecule has 0 aromatic carbocycles. The van der Waals surface area contributed by atoms with Gasteiger partial charge in [-0.1, -0.05) is 33.1 Å². The predicted molar refractivity (Wildman–Crippen MR) is 78.2 cm³/mol. The fourth-order valence-electron chi connectivity index (χ4n) is 1.42. The summed E-state index contributed by atoms with van der Waals surface area (Å²) >= 11 is 10.6. The number of hydrogen-bond acceptors (Lipinski definition) is 2. The number of rotatable bonds is 8. The van der Waals surface area contributed by atoms with E-state index in [9.17, 15) is 9.59 Å². The SMILES string of the molecule is CCCC(CC(=O)Cl)C(=O)NC.CCCCCCl. The highest BCUT2D eigenvalue weighted by molar-refractivity contribution is 6.63. The third kappa shape index (κ3) is 13.8. The minimum atomic E-state index is -0.447. The Morgan fingerprint density at radius 3 is 2.06 bits per heavy atom. The van der Waals surface area contributed by atoms with Crippen molar-refractivity contribution in [2.24, 2.45) is 5.92 Å². The quantitative estimate of drug-likeness (QED) is 0.422. The molecular formula is C13H25Cl2NO2. The number of carbonyl (C=O) groups excluding carboxylic acids is 2. The highest BCUT2D eigenvalue weighted by atomic mass is 35.5. The monoisotopic (exact) mass is 297 g/mol. The highest BCUT2D eigenvalue weighted by Gasteiger charge is 2.18. The van der Waals surface area contributed by atoms with Crippen LogP contribution in [-0.4, -0.2) is 24.1 Å². The first-order chi connectivity index (χ1) is 8.53. The lowest BCUT2D eigenvalue weighted by Crippen LogP contribution is -2.28. The average molecular weight is 298 g/mol. The summed E-state index contributed by atoms with van der Waals surface area (Å²) in [4.78, 5) is 21.7. The molecule has 0 spiro atoms. The van der Waals surface area contributed by atoms with Crippen LogP contribution >= 0.6 is 23.2 Å². The summed E-state index contributed by atoms with van der Waals surface area (Å²) in [7, 11) is 1.56. The summed E-state index contributed by atoms with van der Waals surface area (Å²) in [5.41, 5.74) is 0. The number of alkyl halides is 1. The maximum absolute atomic E-state index is 11.1. The Morgan fingerprint density at radius 2 is 1.78 bits per heavy atom. The molecule has 0 rings (SSSR count). The normalized spacial score (nSPS) is 11.2. The zero-order valence-corrected chi connectivity index (χ0v) is 13.1. The Balaban J connectivity index is 0. The Labute approximate surface area is 121 Å². The van der Waals surface area contributed by atoms with E-state index in [1.807, 2.05) is 6.92 Å². The molecule has 0 aromatic rings. The molecule has 1 atom stereocenters. The largest absolute Gasteiger partial charge is 0.359 e. The fourth-order valence-corrected chi connectivity index (χ4v) is 1.79. The molecule has 0 aromatic heterocycles. The molecule has 1 N–H and O–H groups in total. The van der Waals surface area contributed by atoms with Crippen molar-refractivity contribution in [1.82, 2.24) is 5.32 Å². The van der Waals surface area contributed by atoms with Crippen LogP contribution in [0.4, 0.5) is 0 Å². The Kier molecular flexibility index (Phi) is 16.5. The van der Waals surface area contributed by atoms with E-state index in [2.05, 4.69) is 12.2 Å². The molecule has 0 saturated heterocycles. The first-order valence-corrected chi connectivity index (χ1v) is 7.40. The number of nitrogens with one attached hydrogen (secondary N) is 1. The van der Waals surface area contributed by atoms with Gasteiger partial charge in [-0.25, -0.2) is 0 Å². The number of hydrogen-bond donors (Lipinski definition) is 1. The lowest BCUT2D eigenvalue weighted by molar-refractivity contribution is -0.127. The van der Waals surface area contributed by atoms with Crippen molar-refractivity contribution >= 4 is 34.4 Å². The van der Waals surface area contributed by atoms with Crippen LogP contribution in [0.1, 0.15) is 52.4 Å². The maximum atomic E-state index is 11.1. The van der Waals surface area contributed by atoms with Crippen molar-refractivity contribution in [2.75, 3.05) is 12.9 Å². The fraction of sp³-hybridized carbons (Fsp3) is 0.846. The van der Waals surface area contributed by atoms with Crippen LogP contribution in [0.15, 0.2) is 0 Å². The molecule has 0 bridgehead atoms. The molecule has 0 heterocycles. The summed E-state index contributed by atoms with van der Waals surface area (Å²) in [6, 6.07) is 0. The minimum Gasteiger partial charge on any atom is -0.359 e. The minimum absolute atomic E-state index is 0.106. The van der Waals surface area contributed by atoms with Gasteiger partial charge in [-0.3, -0.25) is 9.59 Å². The zero-order chi connectivity index (χ0) is 14.4. The smallest absolute Gasteiger partial charge is 0.223 e. The lowest BCUT2D eigenvalue weighted by Gasteiger charge is -2.11. The number of unbranched alkanes of at least 4 members (excludes halogenated alkanes) is 2. The van der Waals surface area contributed by atoms with Gasteiger partial charge in [0, 0.05) is 25.3 Å². The molecular weight excluding hydrogens is 273 g/mol. The lowest BCUT2D eigenvalue weighted by atomic mass is 10.00. The van der Waals surface area contributed by atoms with Gasteiger partial charge in [-0.05, 0) is 24.4 Å². The molecule has 0 radical (unpaired) electrons. The maximum Gasteiger partial charge on any atom is 0.223 e. The van der Waals surface area contributed by atoms with Crippen LogP contribution in [-0.2, 0) is 9.59 Å². The molecule has 0 saturated carbocycles. The molecule has 5 heteroatoms. The molecule has 1 unspecified atom stereocenters. The van der Waals surface area contributed by atoms with Crippen LogP contribution in [0, 0.1) is 5.92 Å². The van der Waals surface area contributed by atoms with E-state index in [0.717, 1.165) is 12.3 Å². The molecule has 1 amide bonds. The summed E-state index contributed by atoms with van der Waals surface area (Å²) in [6.07, 6.45) is 5.45. The molecule has 0 aliphatic carbocycles. The van der Waals surface area contributed by atoms with E-state index in [1.165, 1.54) is 19.3 Å². The summed E-state index contributed by atoms with van der Waals surface area (Å²) < 4.78 is 0. The van der Waals surface area contributed by atoms with Crippen LogP contribution in [0.2, 0.25) is 0 Å². The van der Waals surface area contributed by atoms with Gasteiger partial charge in [0.25, 0.3) is 0 Å². The molecule has 0 aliphatic rings. The number of carbonyl (C=O) groups is 2. The van der Waals surface area contributed by atoms with Gasteiger partial charge >= 0.3 is 0 Å². The van der Waals surface area contributed by atoms with E-state index in [4.69, 9.17) is 23.2 Å². The first-order valence-electron chi connectivity index (χ1n) is 6.49. The van der Waals surface area contributed by atoms with E-state index in [0.29, 0.717) is 6.42 Å². The Morgan fingerprint density at radius 1 is 1.17 bits per heavy atom. The summed E-state index contributed by atoms with van der Waals surface area (Å²) in [5.74, 6) is 0.462. The van der Waals surface area contributed by atoms with Gasteiger partial charge in [-0.2, -0.15) is 0 Å². The van der Waals surface area contributed by atoms with E-state index in [1.54, 1.807) is 7.05 Å². The van der Waals surface area contributed by atoms with Gasteiger partial charge < -0.3 is 5.32 Å². The molecule has 3 nitrogen and oxygen atoms in total. The van der Waals surface area contributed by atoms with E-state index in [-0.39, 0.29) is 18.2 Å². The highest BCUT2D eigenvalue weighted by Crippen LogP contribution is 2.12. The number of amides is 1. The zero-order valence-electron chi connectivity index (χ0n) is 11.6. The van der Waals surface area contributed by atoms with Crippen molar-refractivity contribution in [2.45, 2.75) is 52.4 Å². The molecule has 18 heavy (non-hydrogen) atoms. The second-order valence-electron chi connectivity index (χ2n) is 4.06. The van der Waals surface area contributed by atoms with Crippen molar-refractivity contribution in [3.8, 4) is 0 Å². The Hall–Kier alpha value is -0.280.